The summed E-state index contributed by atoms with van der Waals surface area (Å²) in [5.41, 5.74) is 3.38. The van der Waals surface area contributed by atoms with Gasteiger partial charge in [0.15, 0.2) is 0 Å². The van der Waals surface area contributed by atoms with Gasteiger partial charge in [-0.3, -0.25) is 4.79 Å². The number of nitrogens with one attached hydrogen (secondary N) is 1. The first-order valence-corrected chi connectivity index (χ1v) is 9.35. The number of carbonyl (C=O) groups excluding carboxylic acids is 1. The molecule has 0 aliphatic heterocycles. The number of amides is 1. The Hall–Kier alpha value is -1.83. The molecular weight excluding hydrogens is 294 g/mol. The van der Waals surface area contributed by atoms with E-state index < -0.39 is 0 Å². The highest BCUT2D eigenvalue weighted by atomic mass is 16.2. The lowest BCUT2D eigenvalue weighted by atomic mass is 10.1. The molecule has 2 atom stereocenters. The van der Waals surface area contributed by atoms with E-state index >= 15 is 0 Å². The Bertz CT molecular complexity index is 619. The number of rotatable bonds is 2. The zero-order valence-electron chi connectivity index (χ0n) is 14.9. The topological polar surface area (TPSA) is 29.1 Å². The molecule has 128 valence electrons. The normalized spacial score (nSPS) is 26.8. The quantitative estimate of drug-likeness (QED) is 0.708. The Labute approximate surface area is 146 Å². The third-order valence-electron chi connectivity index (χ3n) is 5.66. The van der Waals surface area contributed by atoms with Crippen LogP contribution in [0.5, 0.6) is 0 Å². The fourth-order valence-corrected chi connectivity index (χ4v) is 3.96. The number of fused-ring (bicyclic) bond motifs is 1. The lowest BCUT2D eigenvalue weighted by Gasteiger charge is -2.10. The molecule has 1 aromatic rings. The molecular formula is C22H29NO. The predicted octanol–water partition coefficient (Wildman–Crippen LogP) is 5.57. The number of hydrogen-bond donors (Lipinski definition) is 1. The summed E-state index contributed by atoms with van der Waals surface area (Å²) in [6.45, 7) is 4.17. The highest BCUT2D eigenvalue weighted by molar-refractivity contribution is 5.95. The van der Waals surface area contributed by atoms with Gasteiger partial charge in [-0.1, -0.05) is 36.4 Å². The van der Waals surface area contributed by atoms with E-state index in [0.29, 0.717) is 11.8 Å². The average Bonchev–Trinajstić information content (AvgIpc) is 3.24. The Morgan fingerprint density at radius 3 is 2.12 bits per heavy atom. The molecule has 2 heteroatoms. The van der Waals surface area contributed by atoms with Gasteiger partial charge in [0.2, 0.25) is 5.91 Å². The Morgan fingerprint density at radius 1 is 0.917 bits per heavy atom. The summed E-state index contributed by atoms with van der Waals surface area (Å²) in [6, 6.07) is 6.12. The first kappa shape index (κ1) is 17.0. The zero-order valence-corrected chi connectivity index (χ0v) is 14.9. The molecule has 0 spiro atoms. The number of benzene rings is 1. The van der Waals surface area contributed by atoms with Crippen LogP contribution in [-0.4, -0.2) is 5.91 Å². The summed E-state index contributed by atoms with van der Waals surface area (Å²) < 4.78 is 0. The monoisotopic (exact) mass is 323 g/mol. The predicted molar refractivity (Wildman–Crippen MR) is 101 cm³/mol. The molecule has 0 saturated heterocycles. The van der Waals surface area contributed by atoms with Gasteiger partial charge in [0.25, 0.3) is 0 Å². The summed E-state index contributed by atoms with van der Waals surface area (Å²) in [5.74, 6) is 1.55. The molecule has 0 unspecified atom stereocenters. The minimum Gasteiger partial charge on any atom is -0.326 e. The van der Waals surface area contributed by atoms with Crippen LogP contribution in [0.3, 0.4) is 0 Å². The van der Waals surface area contributed by atoms with Gasteiger partial charge in [-0.05, 0) is 81.4 Å². The molecule has 24 heavy (non-hydrogen) atoms. The van der Waals surface area contributed by atoms with E-state index in [-0.39, 0.29) is 11.8 Å². The van der Waals surface area contributed by atoms with E-state index in [1.165, 1.54) is 11.1 Å². The van der Waals surface area contributed by atoms with Gasteiger partial charge in [0.1, 0.15) is 0 Å². The first-order chi connectivity index (χ1) is 11.7. The van der Waals surface area contributed by atoms with Gasteiger partial charge >= 0.3 is 0 Å². The van der Waals surface area contributed by atoms with Crippen molar-refractivity contribution in [1.82, 2.24) is 0 Å². The second-order valence-corrected chi connectivity index (χ2v) is 7.27. The largest absolute Gasteiger partial charge is 0.326 e. The number of aryl methyl sites for hydroxylation is 1. The van der Waals surface area contributed by atoms with Gasteiger partial charge in [0, 0.05) is 11.6 Å². The Balaban J connectivity index is 1.65. The number of carbonyl (C=O) groups is 1. The molecule has 1 saturated carbocycles. The fraction of sp³-hybridized carbons (Fsp3) is 0.500. The van der Waals surface area contributed by atoms with E-state index in [1.54, 1.807) is 0 Å². The van der Waals surface area contributed by atoms with Crippen LogP contribution < -0.4 is 5.32 Å². The Morgan fingerprint density at radius 2 is 1.50 bits per heavy atom. The van der Waals surface area contributed by atoms with Crippen LogP contribution in [0.25, 0.3) is 0 Å². The molecule has 1 amide bonds. The summed E-state index contributed by atoms with van der Waals surface area (Å²) >= 11 is 0. The van der Waals surface area contributed by atoms with Crippen LogP contribution in [0.15, 0.2) is 42.5 Å². The molecule has 2 nitrogen and oxygen atoms in total. The molecule has 1 aromatic carbocycles. The maximum absolute atomic E-state index is 12.8. The summed E-state index contributed by atoms with van der Waals surface area (Å²) in [6.07, 6.45) is 16.0. The minimum atomic E-state index is 0.201. The van der Waals surface area contributed by atoms with Crippen molar-refractivity contribution < 1.29 is 4.79 Å². The maximum Gasteiger partial charge on any atom is 0.228 e. The van der Waals surface area contributed by atoms with E-state index in [2.05, 4.69) is 49.5 Å². The first-order valence-electron chi connectivity index (χ1n) is 9.35. The van der Waals surface area contributed by atoms with Crippen molar-refractivity contribution in [1.29, 1.82) is 0 Å². The third-order valence-corrected chi connectivity index (χ3v) is 5.66. The smallest absolute Gasteiger partial charge is 0.228 e. The molecule has 2 aliphatic rings. The second kappa shape index (κ2) is 7.83. The van der Waals surface area contributed by atoms with E-state index in [9.17, 15) is 4.79 Å². The minimum absolute atomic E-state index is 0.201. The second-order valence-electron chi connectivity index (χ2n) is 7.27. The zero-order chi connectivity index (χ0) is 16.9. The van der Waals surface area contributed by atoms with Gasteiger partial charge in [0.05, 0.1) is 0 Å². The van der Waals surface area contributed by atoms with Crippen molar-refractivity contribution in [3.8, 4) is 0 Å². The maximum atomic E-state index is 12.8. The van der Waals surface area contributed by atoms with Crippen LogP contribution in [0, 0.1) is 31.6 Å². The number of hydrogen-bond acceptors (Lipinski definition) is 1. The molecule has 2 aliphatic carbocycles. The third kappa shape index (κ3) is 3.98. The van der Waals surface area contributed by atoms with Crippen molar-refractivity contribution in [2.75, 3.05) is 5.32 Å². The summed E-state index contributed by atoms with van der Waals surface area (Å²) in [7, 11) is 0. The number of allylic oxidation sites excluding steroid dienone is 4. The van der Waals surface area contributed by atoms with Crippen molar-refractivity contribution in [2.45, 2.75) is 52.4 Å². The molecule has 1 fully saturated rings. The lowest BCUT2D eigenvalue weighted by Crippen LogP contribution is -2.16. The van der Waals surface area contributed by atoms with E-state index in [4.69, 9.17) is 0 Å². The molecule has 0 bridgehead atoms. The van der Waals surface area contributed by atoms with Crippen molar-refractivity contribution in [3.05, 3.63) is 53.6 Å². The van der Waals surface area contributed by atoms with Crippen molar-refractivity contribution in [2.24, 2.45) is 17.8 Å². The molecule has 0 radical (unpaired) electrons. The standard InChI is InChI=1S/C22H29NO/c1-16-12-11-15-20(17(16)2)23-22(24)21-18-13-9-7-5-3-4-6-8-10-14-19(18)21/h5-8,11-12,15,18-19,21H,3-4,9-10,13-14H2,1-2H3,(H,23,24)/t18-,19-,21?/m1/s1. The summed E-state index contributed by atoms with van der Waals surface area (Å²) in [5, 5.41) is 3.19. The van der Waals surface area contributed by atoms with Crippen LogP contribution in [0.4, 0.5) is 5.69 Å². The number of anilines is 1. The molecule has 0 heterocycles. The van der Waals surface area contributed by atoms with Gasteiger partial charge in [-0.25, -0.2) is 0 Å². The van der Waals surface area contributed by atoms with Gasteiger partial charge in [-0.15, -0.1) is 0 Å². The van der Waals surface area contributed by atoms with E-state index in [1.807, 2.05) is 12.1 Å². The van der Waals surface area contributed by atoms with Crippen LogP contribution >= 0.6 is 0 Å². The lowest BCUT2D eigenvalue weighted by molar-refractivity contribution is -0.117. The fourth-order valence-electron chi connectivity index (χ4n) is 3.96. The van der Waals surface area contributed by atoms with E-state index in [0.717, 1.165) is 44.2 Å². The Kier molecular flexibility index (Phi) is 5.55. The average molecular weight is 323 g/mol. The molecule has 3 rings (SSSR count). The van der Waals surface area contributed by atoms with Crippen molar-refractivity contribution in [3.63, 3.8) is 0 Å². The van der Waals surface area contributed by atoms with Gasteiger partial charge in [-0.2, -0.15) is 0 Å². The highest BCUT2D eigenvalue weighted by Gasteiger charge is 2.52. The molecule has 0 aromatic heterocycles. The van der Waals surface area contributed by atoms with Crippen LogP contribution in [-0.2, 0) is 4.79 Å². The highest BCUT2D eigenvalue weighted by Crippen LogP contribution is 2.52. The van der Waals surface area contributed by atoms with Crippen molar-refractivity contribution >= 4 is 11.6 Å². The SMILES string of the molecule is Cc1cccc(NC(=O)C2[C@@H]3CCC=CCCC=CCC[C@@H]23)c1C. The molecule has 1 N–H and O–H groups in total. The van der Waals surface area contributed by atoms with Crippen LogP contribution in [0.2, 0.25) is 0 Å². The van der Waals surface area contributed by atoms with Crippen LogP contribution in [0.1, 0.15) is 49.7 Å². The van der Waals surface area contributed by atoms with Gasteiger partial charge < -0.3 is 5.32 Å². The summed E-state index contributed by atoms with van der Waals surface area (Å²) in [4.78, 5) is 12.8.